The van der Waals surface area contributed by atoms with E-state index in [1.807, 2.05) is 0 Å². The van der Waals surface area contributed by atoms with Crippen molar-refractivity contribution in [3.05, 3.63) is 21.7 Å². The lowest BCUT2D eigenvalue weighted by Crippen LogP contribution is -2.21. The Kier molecular flexibility index (Phi) is 3.77. The molecule has 1 heterocycles. The van der Waals surface area contributed by atoms with Crippen LogP contribution in [0.3, 0.4) is 0 Å². The van der Waals surface area contributed by atoms with E-state index in [2.05, 4.69) is 42.5 Å². The Balaban J connectivity index is 2.01. The van der Waals surface area contributed by atoms with Crippen LogP contribution in [-0.2, 0) is 0 Å². The molecule has 1 aliphatic rings. The van der Waals surface area contributed by atoms with Crippen molar-refractivity contribution in [3.63, 3.8) is 0 Å². The predicted molar refractivity (Wildman–Crippen MR) is 70.7 cm³/mol. The fourth-order valence-corrected chi connectivity index (χ4v) is 2.18. The summed E-state index contributed by atoms with van der Waals surface area (Å²) in [4.78, 5) is 4.49. The van der Waals surface area contributed by atoms with Gasteiger partial charge in [-0.05, 0) is 31.8 Å². The Morgan fingerprint density at radius 2 is 2.38 bits per heavy atom. The van der Waals surface area contributed by atoms with Gasteiger partial charge in [0.25, 0.3) is 0 Å². The quantitative estimate of drug-likeness (QED) is 0.849. The van der Waals surface area contributed by atoms with Crippen LogP contribution < -0.4 is 5.32 Å². The SMILES string of the molecule is Cc1nc(C=C(CNC2CC2)C(C)C)cs1. The Morgan fingerprint density at radius 1 is 1.62 bits per heavy atom. The van der Waals surface area contributed by atoms with E-state index >= 15 is 0 Å². The fraction of sp³-hybridized carbons (Fsp3) is 0.615. The van der Waals surface area contributed by atoms with Crippen molar-refractivity contribution in [2.24, 2.45) is 5.92 Å². The molecule has 2 rings (SSSR count). The number of nitrogens with one attached hydrogen (secondary N) is 1. The minimum Gasteiger partial charge on any atom is -0.310 e. The second kappa shape index (κ2) is 5.11. The first kappa shape index (κ1) is 11.8. The highest BCUT2D eigenvalue weighted by Crippen LogP contribution is 2.21. The van der Waals surface area contributed by atoms with Gasteiger partial charge in [-0.1, -0.05) is 19.4 Å². The van der Waals surface area contributed by atoms with Gasteiger partial charge in [0.1, 0.15) is 0 Å². The average Bonchev–Trinajstić information content (AvgIpc) is 2.96. The third-order valence-electron chi connectivity index (χ3n) is 2.88. The zero-order valence-electron chi connectivity index (χ0n) is 10.3. The first-order valence-electron chi connectivity index (χ1n) is 6.01. The fourth-order valence-electron chi connectivity index (χ4n) is 1.61. The monoisotopic (exact) mass is 236 g/mol. The summed E-state index contributed by atoms with van der Waals surface area (Å²) in [5.74, 6) is 0.591. The molecular formula is C13H20N2S. The minimum atomic E-state index is 0.591. The summed E-state index contributed by atoms with van der Waals surface area (Å²) in [6, 6.07) is 0.777. The number of rotatable bonds is 5. The molecule has 0 amide bonds. The van der Waals surface area contributed by atoms with Crippen molar-refractivity contribution >= 4 is 17.4 Å². The van der Waals surface area contributed by atoms with Crippen LogP contribution in [0.1, 0.15) is 37.4 Å². The van der Waals surface area contributed by atoms with Gasteiger partial charge >= 0.3 is 0 Å². The van der Waals surface area contributed by atoms with Crippen LogP contribution in [0, 0.1) is 12.8 Å². The van der Waals surface area contributed by atoms with E-state index < -0.39 is 0 Å². The van der Waals surface area contributed by atoms with Crippen molar-refractivity contribution in [2.75, 3.05) is 6.54 Å². The second-order valence-corrected chi connectivity index (χ2v) is 5.88. The maximum atomic E-state index is 4.49. The molecule has 0 radical (unpaired) electrons. The Hall–Kier alpha value is -0.670. The summed E-state index contributed by atoms with van der Waals surface area (Å²) < 4.78 is 0. The molecule has 1 N–H and O–H groups in total. The molecule has 16 heavy (non-hydrogen) atoms. The van der Waals surface area contributed by atoms with Crippen LogP contribution in [0.5, 0.6) is 0 Å². The standard InChI is InChI=1S/C13H20N2S/c1-9(2)11(7-14-12-4-5-12)6-13-8-16-10(3)15-13/h6,8-9,12,14H,4-5,7H2,1-3H3. The highest BCUT2D eigenvalue weighted by atomic mass is 32.1. The number of hydrogen-bond donors (Lipinski definition) is 1. The number of hydrogen-bond acceptors (Lipinski definition) is 3. The van der Waals surface area contributed by atoms with E-state index in [9.17, 15) is 0 Å². The average molecular weight is 236 g/mol. The molecule has 0 atom stereocenters. The van der Waals surface area contributed by atoms with Crippen LogP contribution in [0.25, 0.3) is 6.08 Å². The normalized spacial score (nSPS) is 17.1. The highest BCUT2D eigenvalue weighted by Gasteiger charge is 2.20. The highest BCUT2D eigenvalue weighted by molar-refractivity contribution is 7.09. The van der Waals surface area contributed by atoms with Crippen LogP contribution in [-0.4, -0.2) is 17.6 Å². The summed E-state index contributed by atoms with van der Waals surface area (Å²) in [7, 11) is 0. The number of thiazole rings is 1. The molecule has 0 unspecified atom stereocenters. The number of aryl methyl sites for hydroxylation is 1. The van der Waals surface area contributed by atoms with E-state index in [4.69, 9.17) is 0 Å². The van der Waals surface area contributed by atoms with E-state index in [1.54, 1.807) is 11.3 Å². The van der Waals surface area contributed by atoms with E-state index in [-0.39, 0.29) is 0 Å². The van der Waals surface area contributed by atoms with Gasteiger partial charge in [0, 0.05) is 18.0 Å². The van der Waals surface area contributed by atoms with E-state index in [0.717, 1.165) is 23.3 Å². The summed E-state index contributed by atoms with van der Waals surface area (Å²) >= 11 is 1.72. The zero-order valence-corrected chi connectivity index (χ0v) is 11.1. The van der Waals surface area contributed by atoms with Gasteiger partial charge in [0.05, 0.1) is 10.7 Å². The lowest BCUT2D eigenvalue weighted by atomic mass is 10.0. The molecule has 2 nitrogen and oxygen atoms in total. The molecular weight excluding hydrogens is 216 g/mol. The third kappa shape index (κ3) is 3.42. The maximum Gasteiger partial charge on any atom is 0.0901 e. The zero-order chi connectivity index (χ0) is 11.5. The van der Waals surface area contributed by atoms with Gasteiger partial charge in [-0.2, -0.15) is 0 Å². The molecule has 0 aromatic carbocycles. The number of aromatic nitrogens is 1. The molecule has 1 aliphatic carbocycles. The van der Waals surface area contributed by atoms with Gasteiger partial charge in [-0.15, -0.1) is 11.3 Å². The summed E-state index contributed by atoms with van der Waals surface area (Å²) in [5, 5.41) is 6.85. The van der Waals surface area contributed by atoms with Crippen LogP contribution in [0.15, 0.2) is 11.0 Å². The molecule has 0 bridgehead atoms. The summed E-state index contributed by atoms with van der Waals surface area (Å²) in [6.45, 7) is 7.57. The molecule has 0 spiro atoms. The molecule has 0 aliphatic heterocycles. The van der Waals surface area contributed by atoms with E-state index in [1.165, 1.54) is 18.4 Å². The molecule has 1 fully saturated rings. The molecule has 1 saturated carbocycles. The van der Waals surface area contributed by atoms with Gasteiger partial charge in [0.2, 0.25) is 0 Å². The molecule has 1 aromatic rings. The van der Waals surface area contributed by atoms with Crippen LogP contribution in [0.4, 0.5) is 0 Å². The number of nitrogens with zero attached hydrogens (tertiary/aromatic N) is 1. The first-order valence-corrected chi connectivity index (χ1v) is 6.89. The molecule has 1 aromatic heterocycles. The van der Waals surface area contributed by atoms with Crippen molar-refractivity contribution in [2.45, 2.75) is 39.7 Å². The third-order valence-corrected chi connectivity index (χ3v) is 3.68. The summed E-state index contributed by atoms with van der Waals surface area (Å²) in [5.41, 5.74) is 2.57. The lowest BCUT2D eigenvalue weighted by Gasteiger charge is -2.11. The van der Waals surface area contributed by atoms with Crippen molar-refractivity contribution in [1.82, 2.24) is 10.3 Å². The van der Waals surface area contributed by atoms with Gasteiger partial charge in [-0.3, -0.25) is 0 Å². The maximum absolute atomic E-state index is 4.49. The first-order chi connectivity index (χ1) is 7.65. The largest absolute Gasteiger partial charge is 0.310 e. The van der Waals surface area contributed by atoms with Crippen molar-refractivity contribution in [1.29, 1.82) is 0 Å². The lowest BCUT2D eigenvalue weighted by molar-refractivity contribution is 0.662. The van der Waals surface area contributed by atoms with E-state index in [0.29, 0.717) is 5.92 Å². The topological polar surface area (TPSA) is 24.9 Å². The van der Waals surface area contributed by atoms with Crippen LogP contribution >= 0.6 is 11.3 Å². The second-order valence-electron chi connectivity index (χ2n) is 4.82. The van der Waals surface area contributed by atoms with Crippen LogP contribution in [0.2, 0.25) is 0 Å². The predicted octanol–water partition coefficient (Wildman–Crippen LogP) is 3.24. The Bertz CT molecular complexity index is 375. The summed E-state index contributed by atoms with van der Waals surface area (Å²) in [6.07, 6.45) is 4.94. The molecule has 0 saturated heterocycles. The van der Waals surface area contributed by atoms with Crippen molar-refractivity contribution < 1.29 is 0 Å². The van der Waals surface area contributed by atoms with Gasteiger partial charge < -0.3 is 5.32 Å². The molecule has 3 heteroatoms. The van der Waals surface area contributed by atoms with Crippen molar-refractivity contribution in [3.8, 4) is 0 Å². The Labute approximate surface area is 102 Å². The van der Waals surface area contributed by atoms with Gasteiger partial charge in [0.15, 0.2) is 0 Å². The Morgan fingerprint density at radius 3 is 2.88 bits per heavy atom. The van der Waals surface area contributed by atoms with Gasteiger partial charge in [-0.25, -0.2) is 4.98 Å². The minimum absolute atomic E-state index is 0.591. The molecule has 88 valence electrons. The smallest absolute Gasteiger partial charge is 0.0901 e.